The van der Waals surface area contributed by atoms with E-state index in [-0.39, 0.29) is 12.1 Å². The van der Waals surface area contributed by atoms with Crippen LogP contribution in [0.2, 0.25) is 0 Å². The van der Waals surface area contributed by atoms with Crippen molar-refractivity contribution >= 4 is 5.78 Å². The molecule has 2 rings (SSSR count). The lowest BCUT2D eigenvalue weighted by Crippen LogP contribution is -2.52. The summed E-state index contributed by atoms with van der Waals surface area (Å²) in [6.45, 7) is 3.51. The van der Waals surface area contributed by atoms with Gasteiger partial charge in [-0.25, -0.2) is 0 Å². The SMILES string of the molecule is CC1OCCNC1C(=O)C1CC1. The van der Waals surface area contributed by atoms with Crippen LogP contribution in [-0.2, 0) is 9.53 Å². The lowest BCUT2D eigenvalue weighted by Gasteiger charge is -2.29. The molecular formula is C9H15NO2. The molecule has 12 heavy (non-hydrogen) atoms. The van der Waals surface area contributed by atoms with E-state index >= 15 is 0 Å². The first-order valence-electron chi connectivity index (χ1n) is 4.68. The molecule has 0 aromatic heterocycles. The molecule has 3 nitrogen and oxygen atoms in total. The van der Waals surface area contributed by atoms with Crippen molar-refractivity contribution in [2.75, 3.05) is 13.2 Å². The molecule has 2 aliphatic rings. The number of ketones is 1. The Morgan fingerprint density at radius 2 is 2.25 bits per heavy atom. The Bertz CT molecular complexity index is 189. The van der Waals surface area contributed by atoms with Crippen LogP contribution in [0.25, 0.3) is 0 Å². The molecule has 3 heteroatoms. The normalized spacial score (nSPS) is 36.4. The van der Waals surface area contributed by atoms with Crippen LogP contribution in [0.5, 0.6) is 0 Å². The van der Waals surface area contributed by atoms with Crippen LogP contribution in [0.3, 0.4) is 0 Å². The van der Waals surface area contributed by atoms with Gasteiger partial charge in [0.05, 0.1) is 18.8 Å². The molecular weight excluding hydrogens is 154 g/mol. The van der Waals surface area contributed by atoms with Gasteiger partial charge in [-0.2, -0.15) is 0 Å². The summed E-state index contributed by atoms with van der Waals surface area (Å²) in [5.41, 5.74) is 0. The number of carbonyl (C=O) groups excluding carboxylic acids is 1. The first-order valence-corrected chi connectivity index (χ1v) is 4.68. The summed E-state index contributed by atoms with van der Waals surface area (Å²) < 4.78 is 5.41. The second-order valence-electron chi connectivity index (χ2n) is 3.68. The zero-order valence-corrected chi connectivity index (χ0v) is 7.38. The predicted octanol–water partition coefficient (Wildman–Crippen LogP) is 0.342. The Morgan fingerprint density at radius 3 is 2.83 bits per heavy atom. The smallest absolute Gasteiger partial charge is 0.155 e. The number of rotatable bonds is 2. The second-order valence-corrected chi connectivity index (χ2v) is 3.68. The number of hydrogen-bond donors (Lipinski definition) is 1. The van der Waals surface area contributed by atoms with Gasteiger partial charge >= 0.3 is 0 Å². The van der Waals surface area contributed by atoms with Crippen molar-refractivity contribution in [1.29, 1.82) is 0 Å². The van der Waals surface area contributed by atoms with Gasteiger partial charge in [-0.1, -0.05) is 0 Å². The van der Waals surface area contributed by atoms with Crippen LogP contribution in [0, 0.1) is 5.92 Å². The zero-order chi connectivity index (χ0) is 8.55. The van der Waals surface area contributed by atoms with E-state index in [1.54, 1.807) is 0 Å². The van der Waals surface area contributed by atoms with E-state index in [1.165, 1.54) is 0 Å². The van der Waals surface area contributed by atoms with Gasteiger partial charge < -0.3 is 10.1 Å². The van der Waals surface area contributed by atoms with Crippen LogP contribution < -0.4 is 5.32 Å². The highest BCUT2D eigenvalue weighted by Crippen LogP contribution is 2.31. The van der Waals surface area contributed by atoms with Gasteiger partial charge in [0.1, 0.15) is 0 Å². The molecule has 2 fully saturated rings. The molecule has 1 saturated heterocycles. The highest BCUT2D eigenvalue weighted by atomic mass is 16.5. The van der Waals surface area contributed by atoms with Gasteiger partial charge in [0.25, 0.3) is 0 Å². The summed E-state index contributed by atoms with van der Waals surface area (Å²) in [6.07, 6.45) is 2.24. The fraction of sp³-hybridized carbons (Fsp3) is 0.889. The fourth-order valence-corrected chi connectivity index (χ4v) is 1.68. The number of morpholine rings is 1. The summed E-state index contributed by atoms with van der Waals surface area (Å²) in [5, 5.41) is 3.22. The van der Waals surface area contributed by atoms with E-state index in [2.05, 4.69) is 5.32 Å². The van der Waals surface area contributed by atoms with E-state index < -0.39 is 0 Å². The van der Waals surface area contributed by atoms with Crippen LogP contribution in [0.4, 0.5) is 0 Å². The van der Waals surface area contributed by atoms with Crippen LogP contribution in [-0.4, -0.2) is 31.1 Å². The van der Waals surface area contributed by atoms with Crippen LogP contribution in [0.15, 0.2) is 0 Å². The van der Waals surface area contributed by atoms with Gasteiger partial charge in [0, 0.05) is 12.5 Å². The largest absolute Gasteiger partial charge is 0.375 e. The summed E-state index contributed by atoms with van der Waals surface area (Å²) >= 11 is 0. The molecule has 0 amide bonds. The Kier molecular flexibility index (Phi) is 2.15. The van der Waals surface area contributed by atoms with Crippen molar-refractivity contribution in [2.24, 2.45) is 5.92 Å². The maximum Gasteiger partial charge on any atom is 0.155 e. The lowest BCUT2D eigenvalue weighted by molar-refractivity contribution is -0.128. The van der Waals surface area contributed by atoms with Crippen molar-refractivity contribution in [1.82, 2.24) is 5.32 Å². The topological polar surface area (TPSA) is 38.3 Å². The number of hydrogen-bond acceptors (Lipinski definition) is 3. The van der Waals surface area contributed by atoms with E-state index in [9.17, 15) is 4.79 Å². The number of Topliss-reactive ketones (excluding diaryl/α,β-unsaturated/α-hetero) is 1. The van der Waals surface area contributed by atoms with Gasteiger partial charge in [0.2, 0.25) is 0 Å². The Balaban J connectivity index is 1.95. The number of carbonyl (C=O) groups is 1. The summed E-state index contributed by atoms with van der Waals surface area (Å²) in [6, 6.07) is -0.0359. The maximum atomic E-state index is 11.6. The van der Waals surface area contributed by atoms with Crippen molar-refractivity contribution in [3.05, 3.63) is 0 Å². The van der Waals surface area contributed by atoms with Gasteiger partial charge in [-0.05, 0) is 19.8 Å². The molecule has 0 spiro atoms. The minimum absolute atomic E-state index is 0.0359. The minimum atomic E-state index is -0.0359. The molecule has 1 saturated carbocycles. The molecule has 1 N–H and O–H groups in total. The number of ether oxygens (including phenoxy) is 1. The lowest BCUT2D eigenvalue weighted by atomic mass is 10.0. The first-order chi connectivity index (χ1) is 5.79. The highest BCUT2D eigenvalue weighted by Gasteiger charge is 2.38. The molecule has 1 heterocycles. The molecule has 0 radical (unpaired) electrons. The fourth-order valence-electron chi connectivity index (χ4n) is 1.68. The quantitative estimate of drug-likeness (QED) is 0.648. The highest BCUT2D eigenvalue weighted by molar-refractivity contribution is 5.88. The average Bonchev–Trinajstić information content (AvgIpc) is 2.86. The third-order valence-electron chi connectivity index (χ3n) is 2.60. The number of nitrogens with one attached hydrogen (secondary N) is 1. The second kappa shape index (κ2) is 3.15. The molecule has 1 aliphatic carbocycles. The van der Waals surface area contributed by atoms with E-state index in [0.29, 0.717) is 11.7 Å². The Morgan fingerprint density at radius 1 is 1.50 bits per heavy atom. The van der Waals surface area contributed by atoms with Crippen LogP contribution >= 0.6 is 0 Å². The minimum Gasteiger partial charge on any atom is -0.375 e. The molecule has 2 unspecified atom stereocenters. The third kappa shape index (κ3) is 1.52. The molecule has 2 atom stereocenters. The van der Waals surface area contributed by atoms with Crippen molar-refractivity contribution < 1.29 is 9.53 Å². The molecule has 0 aromatic carbocycles. The van der Waals surface area contributed by atoms with Crippen LogP contribution in [0.1, 0.15) is 19.8 Å². The van der Waals surface area contributed by atoms with E-state index in [4.69, 9.17) is 4.74 Å². The Hall–Kier alpha value is -0.410. The summed E-state index contributed by atoms with van der Waals surface area (Å²) in [7, 11) is 0. The third-order valence-corrected chi connectivity index (χ3v) is 2.60. The van der Waals surface area contributed by atoms with Crippen molar-refractivity contribution in [2.45, 2.75) is 31.9 Å². The van der Waals surface area contributed by atoms with Crippen molar-refractivity contribution in [3.8, 4) is 0 Å². The van der Waals surface area contributed by atoms with Gasteiger partial charge in [-0.15, -0.1) is 0 Å². The van der Waals surface area contributed by atoms with E-state index in [0.717, 1.165) is 26.0 Å². The van der Waals surface area contributed by atoms with E-state index in [1.807, 2.05) is 6.92 Å². The monoisotopic (exact) mass is 169 g/mol. The molecule has 0 bridgehead atoms. The maximum absolute atomic E-state index is 11.6. The molecule has 68 valence electrons. The summed E-state index contributed by atoms with van der Waals surface area (Å²) in [5.74, 6) is 0.703. The standard InChI is InChI=1S/C9H15NO2/c1-6-8(10-4-5-12-6)9(11)7-2-3-7/h6-8,10H,2-5H2,1H3. The Labute approximate surface area is 72.5 Å². The molecule has 0 aromatic rings. The van der Waals surface area contributed by atoms with Crippen molar-refractivity contribution in [3.63, 3.8) is 0 Å². The van der Waals surface area contributed by atoms with Gasteiger partial charge in [-0.3, -0.25) is 4.79 Å². The first kappa shape index (κ1) is 8.20. The summed E-state index contributed by atoms with van der Waals surface area (Å²) in [4.78, 5) is 11.6. The zero-order valence-electron chi connectivity index (χ0n) is 7.38. The molecule has 1 aliphatic heterocycles. The predicted molar refractivity (Wildman–Crippen MR) is 44.9 cm³/mol. The van der Waals surface area contributed by atoms with Gasteiger partial charge in [0.15, 0.2) is 5.78 Å². The average molecular weight is 169 g/mol.